The predicted molar refractivity (Wildman–Crippen MR) is 104 cm³/mol. The molecule has 1 aliphatic heterocycles. The molecule has 0 saturated heterocycles. The van der Waals surface area contributed by atoms with E-state index in [9.17, 15) is 13.2 Å². The number of rotatable bonds is 5. The largest absolute Gasteiger partial charge is 0.493 e. The van der Waals surface area contributed by atoms with Crippen LogP contribution < -0.4 is 29.6 Å². The maximum atomic E-state index is 12.7. The van der Waals surface area contributed by atoms with Gasteiger partial charge < -0.3 is 24.8 Å². The molecule has 1 heterocycles. The van der Waals surface area contributed by atoms with E-state index in [-0.39, 0.29) is 4.90 Å². The van der Waals surface area contributed by atoms with Gasteiger partial charge in [0, 0.05) is 17.8 Å². The Kier molecular flexibility index (Phi) is 5.34. The third-order valence-electron chi connectivity index (χ3n) is 4.19. The molecule has 1 atom stereocenters. The van der Waals surface area contributed by atoms with Crippen LogP contribution in [0.25, 0.3) is 0 Å². The maximum Gasteiger partial charge on any atom is 0.262 e. The molecule has 2 aromatic rings. The maximum absolute atomic E-state index is 12.7. The monoisotopic (exact) mass is 407 g/mol. The lowest BCUT2D eigenvalue weighted by Crippen LogP contribution is -2.51. The summed E-state index contributed by atoms with van der Waals surface area (Å²) in [7, 11) is 0.561. The Hall–Kier alpha value is -2.98. The second kappa shape index (κ2) is 7.56. The molecule has 0 radical (unpaired) electrons. The van der Waals surface area contributed by atoms with Crippen molar-refractivity contribution in [1.29, 1.82) is 0 Å². The predicted octanol–water partition coefficient (Wildman–Crippen LogP) is 1.69. The van der Waals surface area contributed by atoms with E-state index in [4.69, 9.17) is 14.2 Å². The van der Waals surface area contributed by atoms with Crippen molar-refractivity contribution < 1.29 is 27.4 Å². The Morgan fingerprint density at radius 1 is 1.04 bits per heavy atom. The fourth-order valence-corrected chi connectivity index (χ4v) is 4.14. The summed E-state index contributed by atoms with van der Waals surface area (Å²) in [5.41, 5.74) is 1.59. The first kappa shape index (κ1) is 19.8. The molecule has 150 valence electrons. The summed E-state index contributed by atoms with van der Waals surface area (Å²) in [6.45, 7) is 1.83. The average molecular weight is 407 g/mol. The Bertz CT molecular complexity index is 997. The SMILES string of the molecule is COc1cc(NC(=O)[C@@H]2Nc3cc(C)ccc3S(=O)(=O)N2)cc(OC)c1OC. The van der Waals surface area contributed by atoms with Gasteiger partial charge in [-0.25, -0.2) is 8.42 Å². The minimum absolute atomic E-state index is 0.0925. The molecule has 0 aromatic heterocycles. The minimum Gasteiger partial charge on any atom is -0.493 e. The summed E-state index contributed by atoms with van der Waals surface area (Å²) < 4.78 is 43.0. The molecule has 0 bridgehead atoms. The molecule has 9 nitrogen and oxygen atoms in total. The van der Waals surface area contributed by atoms with Crippen LogP contribution in [0.3, 0.4) is 0 Å². The Labute approximate surface area is 163 Å². The first-order valence-corrected chi connectivity index (χ1v) is 9.77. The molecule has 0 aliphatic carbocycles. The number of hydrogen-bond acceptors (Lipinski definition) is 7. The van der Waals surface area contributed by atoms with Gasteiger partial charge in [0.1, 0.15) is 4.90 Å². The van der Waals surface area contributed by atoms with Gasteiger partial charge in [0.2, 0.25) is 15.8 Å². The highest BCUT2D eigenvalue weighted by Gasteiger charge is 2.33. The molecule has 0 unspecified atom stereocenters. The van der Waals surface area contributed by atoms with Crippen LogP contribution in [0.4, 0.5) is 11.4 Å². The Morgan fingerprint density at radius 3 is 2.25 bits per heavy atom. The zero-order valence-electron chi connectivity index (χ0n) is 15.8. The van der Waals surface area contributed by atoms with Crippen LogP contribution in [0.15, 0.2) is 35.2 Å². The number of anilines is 2. The van der Waals surface area contributed by atoms with Crippen LogP contribution in [0.2, 0.25) is 0 Å². The Morgan fingerprint density at radius 2 is 1.68 bits per heavy atom. The number of hydrogen-bond donors (Lipinski definition) is 3. The number of benzene rings is 2. The van der Waals surface area contributed by atoms with Gasteiger partial charge in [-0.3, -0.25) is 4.79 Å². The third-order valence-corrected chi connectivity index (χ3v) is 5.67. The number of amides is 1. The number of nitrogens with one attached hydrogen (secondary N) is 3. The highest BCUT2D eigenvalue weighted by molar-refractivity contribution is 7.89. The van der Waals surface area contributed by atoms with Crippen molar-refractivity contribution in [2.45, 2.75) is 18.0 Å². The first-order chi connectivity index (χ1) is 13.3. The van der Waals surface area contributed by atoms with Gasteiger partial charge in [0.15, 0.2) is 17.7 Å². The molecule has 1 amide bonds. The second-order valence-electron chi connectivity index (χ2n) is 6.10. The molecule has 0 fully saturated rings. The van der Waals surface area contributed by atoms with Crippen LogP contribution >= 0.6 is 0 Å². The number of ether oxygens (including phenoxy) is 3. The molecule has 1 aliphatic rings. The van der Waals surface area contributed by atoms with Crippen molar-refractivity contribution in [2.24, 2.45) is 0 Å². The number of sulfonamides is 1. The highest BCUT2D eigenvalue weighted by atomic mass is 32.2. The van der Waals surface area contributed by atoms with E-state index in [1.54, 1.807) is 24.3 Å². The van der Waals surface area contributed by atoms with E-state index < -0.39 is 22.1 Å². The fraction of sp³-hybridized carbons (Fsp3) is 0.278. The normalized spacial score (nSPS) is 17.1. The lowest BCUT2D eigenvalue weighted by Gasteiger charge is -2.27. The van der Waals surface area contributed by atoms with Crippen LogP contribution in [-0.4, -0.2) is 41.8 Å². The fourth-order valence-electron chi connectivity index (χ4n) is 2.88. The van der Waals surface area contributed by atoms with Gasteiger partial charge in [-0.15, -0.1) is 0 Å². The standard InChI is InChI=1S/C18H21N3O6S/c1-10-5-6-15-12(7-10)20-17(21-28(15,23)24)18(22)19-11-8-13(25-2)16(27-4)14(9-11)26-3/h5-9,17,20-21H,1-4H3,(H,19,22)/t17-/m1/s1. The zero-order chi connectivity index (χ0) is 20.5. The minimum atomic E-state index is -3.82. The molecule has 3 N–H and O–H groups in total. The van der Waals surface area contributed by atoms with Crippen molar-refractivity contribution >= 4 is 27.3 Å². The van der Waals surface area contributed by atoms with E-state index in [1.807, 2.05) is 6.92 Å². The van der Waals surface area contributed by atoms with E-state index >= 15 is 0 Å². The van der Waals surface area contributed by atoms with Crippen molar-refractivity contribution in [1.82, 2.24) is 4.72 Å². The summed E-state index contributed by atoms with van der Waals surface area (Å²) in [6, 6.07) is 7.96. The van der Waals surface area contributed by atoms with E-state index in [2.05, 4.69) is 15.4 Å². The van der Waals surface area contributed by atoms with Crippen molar-refractivity contribution in [3.05, 3.63) is 35.9 Å². The van der Waals surface area contributed by atoms with Crippen LogP contribution in [0.5, 0.6) is 17.2 Å². The van der Waals surface area contributed by atoms with Crippen molar-refractivity contribution in [3.8, 4) is 17.2 Å². The average Bonchev–Trinajstić information content (AvgIpc) is 2.65. The number of methoxy groups -OCH3 is 3. The zero-order valence-corrected chi connectivity index (χ0v) is 16.6. The van der Waals surface area contributed by atoms with Crippen LogP contribution in [0, 0.1) is 6.92 Å². The summed E-state index contributed by atoms with van der Waals surface area (Å²) in [4.78, 5) is 12.8. The topological polar surface area (TPSA) is 115 Å². The third kappa shape index (κ3) is 3.69. The lowest BCUT2D eigenvalue weighted by atomic mass is 10.2. The number of aryl methyl sites for hydroxylation is 1. The molecule has 0 saturated carbocycles. The molecule has 0 spiro atoms. The highest BCUT2D eigenvalue weighted by Crippen LogP contribution is 2.40. The summed E-state index contributed by atoms with van der Waals surface area (Å²) in [6.07, 6.45) is -1.18. The second-order valence-corrected chi connectivity index (χ2v) is 7.78. The van der Waals surface area contributed by atoms with Gasteiger partial charge in [0.05, 0.1) is 27.0 Å². The number of carbonyl (C=O) groups excluding carboxylic acids is 1. The van der Waals surface area contributed by atoms with Gasteiger partial charge in [-0.05, 0) is 24.6 Å². The summed E-state index contributed by atoms with van der Waals surface area (Å²) in [5.74, 6) is 0.500. The lowest BCUT2D eigenvalue weighted by molar-refractivity contribution is -0.117. The molecular weight excluding hydrogens is 386 g/mol. The van der Waals surface area contributed by atoms with Crippen molar-refractivity contribution in [2.75, 3.05) is 32.0 Å². The van der Waals surface area contributed by atoms with E-state index in [1.165, 1.54) is 27.4 Å². The quantitative estimate of drug-likeness (QED) is 0.691. The van der Waals surface area contributed by atoms with E-state index in [0.717, 1.165) is 5.56 Å². The smallest absolute Gasteiger partial charge is 0.262 e. The van der Waals surface area contributed by atoms with Crippen LogP contribution in [-0.2, 0) is 14.8 Å². The molecule has 2 aromatic carbocycles. The Balaban J connectivity index is 1.88. The first-order valence-electron chi connectivity index (χ1n) is 8.29. The van der Waals surface area contributed by atoms with Gasteiger partial charge >= 0.3 is 0 Å². The summed E-state index contributed by atoms with van der Waals surface area (Å²) in [5, 5.41) is 5.56. The molecule has 10 heteroatoms. The van der Waals surface area contributed by atoms with Crippen LogP contribution in [0.1, 0.15) is 5.56 Å². The summed E-state index contributed by atoms with van der Waals surface area (Å²) >= 11 is 0. The molecular formula is C18H21N3O6S. The van der Waals surface area contributed by atoms with Gasteiger partial charge in [0.25, 0.3) is 5.91 Å². The number of fused-ring (bicyclic) bond motifs is 1. The number of carbonyl (C=O) groups is 1. The van der Waals surface area contributed by atoms with Crippen molar-refractivity contribution in [3.63, 3.8) is 0 Å². The van der Waals surface area contributed by atoms with Gasteiger partial charge in [-0.2, -0.15) is 4.72 Å². The molecule has 3 rings (SSSR count). The van der Waals surface area contributed by atoms with E-state index in [0.29, 0.717) is 28.6 Å². The van der Waals surface area contributed by atoms with Gasteiger partial charge in [-0.1, -0.05) is 6.07 Å². The molecule has 28 heavy (non-hydrogen) atoms.